The lowest BCUT2D eigenvalue weighted by Crippen LogP contribution is -2.21. The highest BCUT2D eigenvalue weighted by atomic mass is 32.1. The molecular weight excluding hydrogens is 222 g/mol. The van der Waals surface area contributed by atoms with E-state index in [4.69, 9.17) is 5.73 Å². The van der Waals surface area contributed by atoms with Crippen molar-refractivity contribution in [3.05, 3.63) is 35.2 Å². The number of fused-ring (bicyclic) bond motifs is 1. The molecule has 2 unspecified atom stereocenters. The Morgan fingerprint density at radius 1 is 1.25 bits per heavy atom. The third kappa shape index (κ3) is 2.10. The largest absolute Gasteiger partial charge is 0.390 e. The van der Waals surface area contributed by atoms with E-state index in [-0.39, 0.29) is 0 Å². The zero-order valence-electron chi connectivity index (χ0n) is 8.84. The van der Waals surface area contributed by atoms with Gasteiger partial charge in [0.15, 0.2) is 0 Å². The van der Waals surface area contributed by atoms with Gasteiger partial charge in [0.05, 0.1) is 6.10 Å². The van der Waals surface area contributed by atoms with Gasteiger partial charge in [-0.05, 0) is 29.8 Å². The van der Waals surface area contributed by atoms with Crippen molar-refractivity contribution in [2.75, 3.05) is 6.54 Å². The molecule has 2 rings (SSSR count). The molecule has 0 amide bonds. The van der Waals surface area contributed by atoms with Crippen LogP contribution >= 0.6 is 11.3 Å². The van der Waals surface area contributed by atoms with Crippen LogP contribution in [0.4, 0.5) is 0 Å². The standard InChI is InChI=1S/C12H15NO2S/c13-6-4-10(14)11(15)9-3-1-2-8-5-7-16-12(8)9/h1-3,5,7,10-11,14-15H,4,6,13H2. The molecule has 4 N–H and O–H groups in total. The molecule has 1 aromatic carbocycles. The van der Waals surface area contributed by atoms with Crippen LogP contribution in [0.25, 0.3) is 10.1 Å². The molecule has 0 radical (unpaired) electrons. The first-order chi connectivity index (χ1) is 7.74. The smallest absolute Gasteiger partial charge is 0.106 e. The topological polar surface area (TPSA) is 66.5 Å². The lowest BCUT2D eigenvalue weighted by Gasteiger charge is -2.18. The van der Waals surface area contributed by atoms with Gasteiger partial charge in [-0.25, -0.2) is 0 Å². The van der Waals surface area contributed by atoms with Gasteiger partial charge in [0.1, 0.15) is 6.10 Å². The van der Waals surface area contributed by atoms with Gasteiger partial charge in [0, 0.05) is 10.3 Å². The Hall–Kier alpha value is -0.940. The van der Waals surface area contributed by atoms with Crippen LogP contribution in [0, 0.1) is 0 Å². The SMILES string of the molecule is NCCC(O)C(O)c1cccc2ccsc12. The fourth-order valence-electron chi connectivity index (χ4n) is 1.78. The van der Waals surface area contributed by atoms with Gasteiger partial charge in [0.2, 0.25) is 0 Å². The molecule has 2 atom stereocenters. The molecule has 0 aliphatic rings. The van der Waals surface area contributed by atoms with E-state index in [1.807, 2.05) is 29.6 Å². The second-order valence-corrected chi connectivity index (χ2v) is 4.69. The van der Waals surface area contributed by atoms with E-state index in [1.54, 1.807) is 11.3 Å². The monoisotopic (exact) mass is 237 g/mol. The van der Waals surface area contributed by atoms with E-state index in [2.05, 4.69) is 0 Å². The minimum Gasteiger partial charge on any atom is -0.390 e. The van der Waals surface area contributed by atoms with E-state index < -0.39 is 12.2 Å². The quantitative estimate of drug-likeness (QED) is 0.757. The van der Waals surface area contributed by atoms with Crippen LogP contribution in [0.15, 0.2) is 29.6 Å². The van der Waals surface area contributed by atoms with Gasteiger partial charge < -0.3 is 15.9 Å². The van der Waals surface area contributed by atoms with Crippen LogP contribution in [0.5, 0.6) is 0 Å². The molecule has 1 aromatic heterocycles. The second kappa shape index (κ2) is 4.93. The summed E-state index contributed by atoms with van der Waals surface area (Å²) in [6, 6.07) is 7.74. The Labute approximate surface area is 98.1 Å². The highest BCUT2D eigenvalue weighted by Gasteiger charge is 2.19. The second-order valence-electron chi connectivity index (χ2n) is 3.78. The van der Waals surface area contributed by atoms with E-state index >= 15 is 0 Å². The van der Waals surface area contributed by atoms with Gasteiger partial charge in [-0.3, -0.25) is 0 Å². The molecule has 16 heavy (non-hydrogen) atoms. The summed E-state index contributed by atoms with van der Waals surface area (Å²) in [5.74, 6) is 0. The Balaban J connectivity index is 2.35. The predicted molar refractivity (Wildman–Crippen MR) is 66.5 cm³/mol. The Kier molecular flexibility index (Phi) is 3.56. The first-order valence-corrected chi connectivity index (χ1v) is 6.14. The summed E-state index contributed by atoms with van der Waals surface area (Å²) in [5, 5.41) is 22.9. The fraction of sp³-hybridized carbons (Fsp3) is 0.333. The Morgan fingerprint density at radius 2 is 2.06 bits per heavy atom. The zero-order chi connectivity index (χ0) is 11.5. The zero-order valence-corrected chi connectivity index (χ0v) is 9.65. The molecule has 0 bridgehead atoms. The highest BCUT2D eigenvalue weighted by Crippen LogP contribution is 2.30. The molecular formula is C12H15NO2S. The van der Waals surface area contributed by atoms with Crippen molar-refractivity contribution in [1.29, 1.82) is 0 Å². The first-order valence-electron chi connectivity index (χ1n) is 5.26. The molecule has 1 heterocycles. The van der Waals surface area contributed by atoms with Crippen LogP contribution in [0.2, 0.25) is 0 Å². The maximum Gasteiger partial charge on any atom is 0.106 e. The van der Waals surface area contributed by atoms with E-state index in [0.29, 0.717) is 13.0 Å². The number of thiophene rings is 1. The van der Waals surface area contributed by atoms with Crippen molar-refractivity contribution in [2.45, 2.75) is 18.6 Å². The lowest BCUT2D eigenvalue weighted by molar-refractivity contribution is 0.0160. The van der Waals surface area contributed by atoms with Crippen LogP contribution in [-0.2, 0) is 0 Å². The van der Waals surface area contributed by atoms with Gasteiger partial charge >= 0.3 is 0 Å². The summed E-state index contributed by atoms with van der Waals surface area (Å²) in [6.45, 7) is 0.374. The minimum absolute atomic E-state index is 0.374. The van der Waals surface area contributed by atoms with Crippen molar-refractivity contribution < 1.29 is 10.2 Å². The summed E-state index contributed by atoms with van der Waals surface area (Å²) in [4.78, 5) is 0. The average Bonchev–Trinajstić information content (AvgIpc) is 2.76. The number of benzene rings is 1. The van der Waals surface area contributed by atoms with Gasteiger partial charge in [-0.15, -0.1) is 11.3 Å². The number of hydrogen-bond donors (Lipinski definition) is 3. The number of hydrogen-bond acceptors (Lipinski definition) is 4. The first kappa shape index (κ1) is 11.5. The number of aliphatic hydroxyl groups excluding tert-OH is 2. The molecule has 2 aromatic rings. The van der Waals surface area contributed by atoms with E-state index in [1.165, 1.54) is 0 Å². The summed E-state index contributed by atoms with van der Waals surface area (Å²) in [7, 11) is 0. The normalized spacial score (nSPS) is 15.2. The molecule has 0 saturated heterocycles. The van der Waals surface area contributed by atoms with Crippen molar-refractivity contribution in [2.24, 2.45) is 5.73 Å². The third-order valence-electron chi connectivity index (χ3n) is 2.65. The van der Waals surface area contributed by atoms with Crippen molar-refractivity contribution in [3.8, 4) is 0 Å². The number of nitrogens with two attached hydrogens (primary N) is 1. The molecule has 0 aliphatic carbocycles. The van der Waals surface area contributed by atoms with Crippen LogP contribution in [-0.4, -0.2) is 22.9 Å². The molecule has 0 spiro atoms. The van der Waals surface area contributed by atoms with E-state index in [0.717, 1.165) is 15.6 Å². The van der Waals surface area contributed by atoms with Crippen LogP contribution < -0.4 is 5.73 Å². The van der Waals surface area contributed by atoms with Crippen LogP contribution in [0.1, 0.15) is 18.1 Å². The minimum atomic E-state index is -0.856. The summed E-state index contributed by atoms with van der Waals surface area (Å²) >= 11 is 1.58. The summed E-state index contributed by atoms with van der Waals surface area (Å²) < 4.78 is 1.03. The molecule has 4 heteroatoms. The van der Waals surface area contributed by atoms with Gasteiger partial charge in [-0.1, -0.05) is 18.2 Å². The molecule has 3 nitrogen and oxygen atoms in total. The fourth-order valence-corrected chi connectivity index (χ4v) is 2.73. The molecule has 0 saturated carbocycles. The number of aliphatic hydroxyl groups is 2. The maximum atomic E-state index is 10.0. The summed E-state index contributed by atoms with van der Waals surface area (Å²) in [6.07, 6.45) is -1.24. The lowest BCUT2D eigenvalue weighted by atomic mass is 10.0. The molecule has 0 aliphatic heterocycles. The van der Waals surface area contributed by atoms with Gasteiger partial charge in [0.25, 0.3) is 0 Å². The Morgan fingerprint density at radius 3 is 2.81 bits per heavy atom. The Bertz CT molecular complexity index is 469. The van der Waals surface area contributed by atoms with Crippen molar-refractivity contribution >= 4 is 21.4 Å². The highest BCUT2D eigenvalue weighted by molar-refractivity contribution is 7.17. The van der Waals surface area contributed by atoms with E-state index in [9.17, 15) is 10.2 Å². The third-order valence-corrected chi connectivity index (χ3v) is 3.63. The molecule has 86 valence electrons. The van der Waals surface area contributed by atoms with Gasteiger partial charge in [-0.2, -0.15) is 0 Å². The number of rotatable bonds is 4. The predicted octanol–water partition coefficient (Wildman–Crippen LogP) is 1.64. The van der Waals surface area contributed by atoms with Crippen molar-refractivity contribution in [1.82, 2.24) is 0 Å². The molecule has 0 fully saturated rings. The van der Waals surface area contributed by atoms with Crippen LogP contribution in [0.3, 0.4) is 0 Å². The summed E-state index contributed by atoms with van der Waals surface area (Å²) in [5.41, 5.74) is 6.16. The maximum absolute atomic E-state index is 10.0. The van der Waals surface area contributed by atoms with Crippen molar-refractivity contribution in [3.63, 3.8) is 0 Å². The average molecular weight is 237 g/mol.